The van der Waals surface area contributed by atoms with E-state index in [2.05, 4.69) is 405 Å². The number of furan rings is 1. The number of hydrogen-bond donors (Lipinski definition) is 0. The topological polar surface area (TPSA) is 27.3 Å². The number of hydrogen-bond acceptors (Lipinski definition) is 2. The quantitative estimate of drug-likeness (QED) is 0.108. The van der Waals surface area contributed by atoms with Crippen LogP contribution in [0.1, 0.15) is 30.7 Å². The van der Waals surface area contributed by atoms with E-state index in [4.69, 9.17) is 9.15 Å². The maximum Gasteiger partial charge on any atom is 0.143 e. The van der Waals surface area contributed by atoms with Crippen LogP contribution in [0.15, 0.2) is 422 Å². The Morgan fingerprint density at radius 1 is 0.327 bits per heavy atom. The van der Waals surface area contributed by atoms with Gasteiger partial charge in [-0.2, -0.15) is 0 Å². The van der Waals surface area contributed by atoms with Crippen LogP contribution >= 0.6 is 0 Å². The molecule has 3 atom stereocenters. The molecule has 16 aromatic carbocycles. The van der Waals surface area contributed by atoms with Crippen LogP contribution in [0.4, 0.5) is 0 Å². The van der Waals surface area contributed by atoms with Crippen LogP contribution in [0, 0.1) is 5.92 Å². The molecule has 3 unspecified atom stereocenters. The van der Waals surface area contributed by atoms with Crippen LogP contribution in [0.5, 0.6) is 5.75 Å². The largest absolute Gasteiger partial charge is 0.484 e. The minimum Gasteiger partial charge on any atom is -0.484 e. The first-order chi connectivity index (χ1) is 56.0. The highest BCUT2D eigenvalue weighted by atomic mass is 16.5. The van der Waals surface area contributed by atoms with Crippen molar-refractivity contribution in [3.05, 3.63) is 423 Å². The molecule has 22 rings (SSSR count). The van der Waals surface area contributed by atoms with E-state index in [1.807, 2.05) is 0 Å². The van der Waals surface area contributed by atoms with Gasteiger partial charge in [0.05, 0.1) is 11.0 Å². The van der Waals surface area contributed by atoms with E-state index in [0.717, 1.165) is 130 Å². The maximum absolute atomic E-state index is 7.47. The molecule has 3 nitrogen and oxygen atoms in total. The molecule has 3 heterocycles. The molecule has 532 valence electrons. The minimum absolute atomic E-state index is 0.00359. The number of benzene rings is 16. The van der Waals surface area contributed by atoms with Crippen molar-refractivity contribution in [1.29, 1.82) is 0 Å². The molecular formula is C110H75NO2. The van der Waals surface area contributed by atoms with Gasteiger partial charge < -0.3 is 13.7 Å². The zero-order valence-corrected chi connectivity index (χ0v) is 62.2. The summed E-state index contributed by atoms with van der Waals surface area (Å²) < 4.78 is 17.3. The zero-order chi connectivity index (χ0) is 74.5. The van der Waals surface area contributed by atoms with Crippen molar-refractivity contribution < 1.29 is 9.15 Å². The second kappa shape index (κ2) is 27.5. The molecule has 0 amide bonds. The van der Waals surface area contributed by atoms with Gasteiger partial charge in [0.25, 0.3) is 0 Å². The van der Waals surface area contributed by atoms with Crippen LogP contribution in [-0.4, -0.2) is 10.7 Å². The predicted octanol–water partition coefficient (Wildman–Crippen LogP) is 29.8. The van der Waals surface area contributed by atoms with E-state index in [0.29, 0.717) is 0 Å². The summed E-state index contributed by atoms with van der Waals surface area (Å²) in [5.74, 6) is 1.19. The van der Waals surface area contributed by atoms with Gasteiger partial charge in [0.1, 0.15) is 23.0 Å². The van der Waals surface area contributed by atoms with Gasteiger partial charge in [-0.05, 0) is 237 Å². The number of nitrogens with zero attached hydrogens (tertiary/aromatic N) is 1. The molecule has 0 spiro atoms. The lowest BCUT2D eigenvalue weighted by atomic mass is 9.75. The van der Waals surface area contributed by atoms with E-state index < -0.39 is 0 Å². The third-order valence-electron chi connectivity index (χ3n) is 24.2. The molecule has 4 aliphatic rings. The van der Waals surface area contributed by atoms with Crippen LogP contribution < -0.4 is 4.74 Å². The van der Waals surface area contributed by atoms with Crippen LogP contribution in [0.25, 0.3) is 182 Å². The Morgan fingerprint density at radius 2 is 0.770 bits per heavy atom. The van der Waals surface area contributed by atoms with Crippen molar-refractivity contribution in [2.75, 3.05) is 0 Å². The lowest BCUT2D eigenvalue weighted by Gasteiger charge is -2.29. The molecule has 3 aliphatic carbocycles. The molecule has 3 heteroatoms. The number of aromatic nitrogens is 1. The van der Waals surface area contributed by atoms with E-state index >= 15 is 0 Å². The third kappa shape index (κ3) is 11.3. The first-order valence-corrected chi connectivity index (χ1v) is 39.7. The molecule has 0 bridgehead atoms. The molecular weight excluding hydrogens is 1370 g/mol. The Kier molecular flexibility index (Phi) is 16.0. The van der Waals surface area contributed by atoms with Crippen molar-refractivity contribution in [3.8, 4) is 123 Å². The highest BCUT2D eigenvalue weighted by Crippen LogP contribution is 2.54. The lowest BCUT2D eigenvalue weighted by Crippen LogP contribution is -2.20. The molecule has 0 saturated carbocycles. The van der Waals surface area contributed by atoms with Crippen molar-refractivity contribution >= 4 is 65.3 Å². The van der Waals surface area contributed by atoms with Crippen LogP contribution in [0.2, 0.25) is 0 Å². The Hall–Kier alpha value is -14.1. The van der Waals surface area contributed by atoms with Crippen LogP contribution in [-0.2, 0) is 0 Å². The fraction of sp³-hybridized carbons (Fsp3) is 0.0545. The van der Waals surface area contributed by atoms with E-state index in [-0.39, 0.29) is 17.9 Å². The molecule has 18 aromatic rings. The van der Waals surface area contributed by atoms with Gasteiger partial charge in [0, 0.05) is 55.8 Å². The molecule has 0 saturated heterocycles. The Bertz CT molecular complexity index is 7020. The summed E-state index contributed by atoms with van der Waals surface area (Å²) in [5, 5.41) is 9.29. The maximum atomic E-state index is 7.47. The van der Waals surface area contributed by atoms with Crippen molar-refractivity contribution in [2.45, 2.75) is 31.3 Å². The summed E-state index contributed by atoms with van der Waals surface area (Å²) in [5.41, 5.74) is 33.4. The van der Waals surface area contributed by atoms with Gasteiger partial charge in [-0.25, -0.2) is 0 Å². The van der Waals surface area contributed by atoms with E-state index in [9.17, 15) is 0 Å². The van der Waals surface area contributed by atoms with Crippen molar-refractivity contribution in [2.24, 2.45) is 5.92 Å². The third-order valence-corrected chi connectivity index (χ3v) is 24.2. The van der Waals surface area contributed by atoms with Crippen molar-refractivity contribution in [1.82, 2.24) is 4.57 Å². The predicted molar refractivity (Wildman–Crippen MR) is 474 cm³/mol. The summed E-state index contributed by atoms with van der Waals surface area (Å²) in [7, 11) is 0. The smallest absolute Gasteiger partial charge is 0.143 e. The monoisotopic (exact) mass is 1440 g/mol. The van der Waals surface area contributed by atoms with Gasteiger partial charge in [0.15, 0.2) is 0 Å². The molecule has 0 fully saturated rings. The normalized spacial score (nSPS) is 15.7. The Labute approximate surface area is 657 Å². The average Bonchev–Trinajstić information content (AvgIpc) is 1.61. The molecule has 0 N–H and O–H groups in total. The molecule has 113 heavy (non-hydrogen) atoms. The van der Waals surface area contributed by atoms with Gasteiger partial charge >= 0.3 is 0 Å². The van der Waals surface area contributed by atoms with Crippen molar-refractivity contribution in [3.63, 3.8) is 0 Å². The highest BCUT2D eigenvalue weighted by Gasteiger charge is 2.38. The molecule has 1 aliphatic heterocycles. The van der Waals surface area contributed by atoms with Crippen LogP contribution in [0.3, 0.4) is 0 Å². The summed E-state index contributed by atoms with van der Waals surface area (Å²) in [6.07, 6.45) is 24.0. The summed E-state index contributed by atoms with van der Waals surface area (Å²) in [6.45, 7) is 0. The zero-order valence-electron chi connectivity index (χ0n) is 62.2. The summed E-state index contributed by atoms with van der Waals surface area (Å²) >= 11 is 0. The van der Waals surface area contributed by atoms with Gasteiger partial charge in [-0.15, -0.1) is 0 Å². The SMILES string of the molecule is C1=CCCC(C2=CC=CCC2C2=CC3c4cc(-c5ccccc5-c5ccccc5)cc(-c5ccc6c(c5)c5cc(-c7cc(-c8ccccc8-c8ccccc8)cc8c7oc7ccc(-c9ccccc9-c9ccccc9)cc78)ccc5n6-c5ccc(-c6c7ccccc7c(-c7ccccc7)c7ccccc67)cc5)c4OC3C=C2)=C1. The summed E-state index contributed by atoms with van der Waals surface area (Å²) in [4.78, 5) is 0. The first-order valence-electron chi connectivity index (χ1n) is 39.7. The first kappa shape index (κ1) is 65.9. The van der Waals surface area contributed by atoms with E-state index in [1.165, 1.54) is 99.5 Å². The minimum atomic E-state index is -0.174. The molecule has 2 aromatic heterocycles. The fourth-order valence-corrected chi connectivity index (χ4v) is 18.9. The highest BCUT2D eigenvalue weighted by molar-refractivity contribution is 6.22. The Morgan fingerprint density at radius 3 is 1.33 bits per heavy atom. The fourth-order valence-electron chi connectivity index (χ4n) is 18.9. The van der Waals surface area contributed by atoms with E-state index in [1.54, 1.807) is 0 Å². The summed E-state index contributed by atoms with van der Waals surface area (Å²) in [6, 6.07) is 128. The lowest BCUT2D eigenvalue weighted by molar-refractivity contribution is 0.268. The van der Waals surface area contributed by atoms with Gasteiger partial charge in [-0.1, -0.05) is 322 Å². The van der Waals surface area contributed by atoms with Gasteiger partial charge in [0.2, 0.25) is 0 Å². The second-order valence-electron chi connectivity index (χ2n) is 30.6. The number of rotatable bonds is 13. The standard InChI is InChI=1S/C110H75NO2/c1-6-28-70(29-7-1)83-38-16-20-42-87(83)76-54-60-105-99(64-76)101-68-80(89-44-22-18-40-85(89)72-32-10-3-11-33-72)66-95(109(101)112-105)78-52-58-103-97(62-78)98-63-79(53-59-104(98)111(103)82-56-50-75(51-57-82)108-93-48-26-24-46-91(93)107(74-36-14-5-15-37-74)92-47-25-27-49-94(92)108)96-67-81(90-45-23-19-41-86(90)73-34-12-4-13-35-73)69-102-100-65-77(55-61-106(100)113-110(96)102)88-43-21-17-39-84(88)71-30-8-2-9-31-71/h1-8,10-30,32-42,44-69,88,100,106H,9,31,43H2. The number of allylic oxidation sites excluding steroid dienone is 10. The Balaban J connectivity index is 0.764. The average molecular weight is 1440 g/mol. The number of fused-ring (bicyclic) bond motifs is 11. The second-order valence-corrected chi connectivity index (χ2v) is 30.6. The molecule has 0 radical (unpaired) electrons. The van der Waals surface area contributed by atoms with Gasteiger partial charge in [-0.3, -0.25) is 0 Å². The number of ether oxygens (including phenoxy) is 1.